The zero-order valence-electron chi connectivity index (χ0n) is 19.0. The lowest BCUT2D eigenvalue weighted by molar-refractivity contribution is -0.274. The molecule has 0 unspecified atom stereocenters. The standard InChI is InChI=1S/C26H18ClF3N4O3/c27-21-4-2-1-3-18(21)25(36)32-15-7-5-14-6-12-19-22(24(31)35)33-34(23(19)20(14)13-15)16-8-10-17(11-9-16)37-26(28,29)30/h1-5,7-11,13H,6,12H2,(H2,31,35)(H,32,36). The van der Waals surface area contributed by atoms with Crippen molar-refractivity contribution in [1.82, 2.24) is 9.78 Å². The number of carbonyl (C=O) groups excluding carboxylic acids is 2. The molecule has 1 heterocycles. The third-order valence-corrected chi connectivity index (χ3v) is 6.25. The Balaban J connectivity index is 1.56. The van der Waals surface area contributed by atoms with Gasteiger partial charge in [0.15, 0.2) is 5.69 Å². The monoisotopic (exact) mass is 526 g/mol. The van der Waals surface area contributed by atoms with Gasteiger partial charge in [0.2, 0.25) is 0 Å². The number of nitrogens with zero attached hydrogens (tertiary/aromatic N) is 2. The molecule has 2 amide bonds. The lowest BCUT2D eigenvalue weighted by Crippen LogP contribution is -2.17. The van der Waals surface area contributed by atoms with E-state index in [1.165, 1.54) is 16.8 Å². The number of fused-ring (bicyclic) bond motifs is 3. The highest BCUT2D eigenvalue weighted by Gasteiger charge is 2.31. The van der Waals surface area contributed by atoms with Crippen LogP contribution in [0.25, 0.3) is 16.9 Å². The number of rotatable bonds is 5. The van der Waals surface area contributed by atoms with Gasteiger partial charge in [0.25, 0.3) is 11.8 Å². The fraction of sp³-hybridized carbons (Fsp3) is 0.115. The second-order valence-corrected chi connectivity index (χ2v) is 8.71. The number of alkyl halides is 3. The average Bonchev–Trinajstić information content (AvgIpc) is 3.24. The fourth-order valence-corrected chi connectivity index (χ4v) is 4.56. The number of halogens is 4. The van der Waals surface area contributed by atoms with E-state index >= 15 is 0 Å². The summed E-state index contributed by atoms with van der Waals surface area (Å²) >= 11 is 6.15. The molecule has 0 fully saturated rings. The number of amides is 2. The maximum atomic E-state index is 12.8. The van der Waals surface area contributed by atoms with E-state index in [1.807, 2.05) is 6.07 Å². The van der Waals surface area contributed by atoms with Crippen molar-refractivity contribution < 1.29 is 27.5 Å². The number of carbonyl (C=O) groups is 2. The van der Waals surface area contributed by atoms with Gasteiger partial charge in [-0.25, -0.2) is 4.68 Å². The molecular formula is C26H18ClF3N4O3. The number of aromatic nitrogens is 2. The number of anilines is 1. The number of aryl methyl sites for hydroxylation is 1. The summed E-state index contributed by atoms with van der Waals surface area (Å²) in [6.45, 7) is 0. The van der Waals surface area contributed by atoms with Crippen molar-refractivity contribution >= 4 is 29.1 Å². The molecule has 1 aliphatic carbocycles. The van der Waals surface area contributed by atoms with Crippen LogP contribution in [-0.2, 0) is 12.8 Å². The molecule has 0 atom stereocenters. The van der Waals surface area contributed by atoms with Gasteiger partial charge in [-0.05, 0) is 66.9 Å². The predicted octanol–water partition coefficient (Wildman–Crippen LogP) is 5.54. The van der Waals surface area contributed by atoms with E-state index < -0.39 is 23.9 Å². The molecule has 0 saturated heterocycles. The molecule has 7 nitrogen and oxygen atoms in total. The van der Waals surface area contributed by atoms with Crippen LogP contribution in [0.4, 0.5) is 18.9 Å². The van der Waals surface area contributed by atoms with Crippen molar-refractivity contribution in [2.75, 3.05) is 5.32 Å². The van der Waals surface area contributed by atoms with E-state index in [9.17, 15) is 22.8 Å². The Morgan fingerprint density at radius 3 is 2.43 bits per heavy atom. The summed E-state index contributed by atoms with van der Waals surface area (Å²) in [4.78, 5) is 25.0. The molecule has 3 aromatic carbocycles. The SMILES string of the molecule is NC(=O)c1nn(-c2ccc(OC(F)(F)F)cc2)c2c1CCc1ccc(NC(=O)c3ccccc3Cl)cc1-2. The summed E-state index contributed by atoms with van der Waals surface area (Å²) in [5.41, 5.74) is 9.68. The highest BCUT2D eigenvalue weighted by Crippen LogP contribution is 2.39. The third kappa shape index (κ3) is 4.88. The highest BCUT2D eigenvalue weighted by atomic mass is 35.5. The summed E-state index contributed by atoms with van der Waals surface area (Å²) in [7, 11) is 0. The summed E-state index contributed by atoms with van der Waals surface area (Å²) < 4.78 is 43.1. The molecule has 1 aliphatic rings. The van der Waals surface area contributed by atoms with Crippen LogP contribution in [0.3, 0.4) is 0 Å². The molecular weight excluding hydrogens is 509 g/mol. The Labute approximate surface area is 213 Å². The molecule has 0 aliphatic heterocycles. The molecule has 37 heavy (non-hydrogen) atoms. The first kappa shape index (κ1) is 24.4. The van der Waals surface area contributed by atoms with Gasteiger partial charge in [-0.15, -0.1) is 13.2 Å². The van der Waals surface area contributed by atoms with Crippen LogP contribution in [0.2, 0.25) is 5.02 Å². The van der Waals surface area contributed by atoms with Crippen LogP contribution < -0.4 is 15.8 Å². The van der Waals surface area contributed by atoms with E-state index in [0.717, 1.165) is 17.7 Å². The van der Waals surface area contributed by atoms with E-state index in [1.54, 1.807) is 36.4 Å². The Kier molecular flexibility index (Phi) is 6.12. The fourth-order valence-electron chi connectivity index (χ4n) is 4.33. The van der Waals surface area contributed by atoms with Crippen LogP contribution in [0.1, 0.15) is 32.0 Å². The van der Waals surface area contributed by atoms with Crippen molar-refractivity contribution in [1.29, 1.82) is 0 Å². The number of benzene rings is 3. The highest BCUT2D eigenvalue weighted by molar-refractivity contribution is 6.34. The number of hydrogen-bond donors (Lipinski definition) is 2. The summed E-state index contributed by atoms with van der Waals surface area (Å²) in [5, 5.41) is 7.53. The van der Waals surface area contributed by atoms with E-state index in [2.05, 4.69) is 15.2 Å². The second kappa shape index (κ2) is 9.29. The first-order valence-electron chi connectivity index (χ1n) is 11.1. The minimum atomic E-state index is -4.82. The lowest BCUT2D eigenvalue weighted by Gasteiger charge is -2.20. The molecule has 0 spiro atoms. The van der Waals surface area contributed by atoms with E-state index in [4.69, 9.17) is 17.3 Å². The minimum absolute atomic E-state index is 0.0711. The molecule has 0 saturated carbocycles. The van der Waals surface area contributed by atoms with Crippen LogP contribution in [0, 0.1) is 0 Å². The van der Waals surface area contributed by atoms with Crippen molar-refractivity contribution in [3.05, 3.63) is 94.1 Å². The maximum absolute atomic E-state index is 12.8. The zero-order chi connectivity index (χ0) is 26.3. The smallest absolute Gasteiger partial charge is 0.406 e. The van der Waals surface area contributed by atoms with Crippen LogP contribution >= 0.6 is 11.6 Å². The van der Waals surface area contributed by atoms with Gasteiger partial charge in [-0.3, -0.25) is 9.59 Å². The molecule has 5 rings (SSSR count). The predicted molar refractivity (Wildman–Crippen MR) is 131 cm³/mol. The van der Waals surface area contributed by atoms with Gasteiger partial charge in [-0.2, -0.15) is 5.10 Å². The number of nitrogens with one attached hydrogen (secondary N) is 1. The van der Waals surface area contributed by atoms with Crippen LogP contribution in [0.5, 0.6) is 5.75 Å². The quantitative estimate of drug-likeness (QED) is 0.356. The van der Waals surface area contributed by atoms with Gasteiger partial charge in [0.1, 0.15) is 5.75 Å². The summed E-state index contributed by atoms with van der Waals surface area (Å²) in [6, 6.07) is 17.1. The maximum Gasteiger partial charge on any atom is 0.573 e. The van der Waals surface area contributed by atoms with Gasteiger partial charge in [0, 0.05) is 16.8 Å². The topological polar surface area (TPSA) is 99.2 Å². The summed E-state index contributed by atoms with van der Waals surface area (Å²) in [6.07, 6.45) is -3.73. The molecule has 3 N–H and O–H groups in total. The van der Waals surface area contributed by atoms with Gasteiger partial charge in [-0.1, -0.05) is 29.8 Å². The molecule has 0 radical (unpaired) electrons. The van der Waals surface area contributed by atoms with Crippen molar-refractivity contribution in [3.63, 3.8) is 0 Å². The first-order chi connectivity index (χ1) is 17.6. The zero-order valence-corrected chi connectivity index (χ0v) is 19.7. The molecule has 4 aromatic rings. The Morgan fingerprint density at radius 2 is 1.76 bits per heavy atom. The largest absolute Gasteiger partial charge is 0.573 e. The van der Waals surface area contributed by atoms with Crippen molar-refractivity contribution in [3.8, 4) is 22.7 Å². The van der Waals surface area contributed by atoms with Gasteiger partial charge >= 0.3 is 6.36 Å². The van der Waals surface area contributed by atoms with Crippen molar-refractivity contribution in [2.24, 2.45) is 5.73 Å². The number of nitrogens with two attached hydrogens (primary N) is 1. The normalized spacial score (nSPS) is 12.4. The Hall–Kier alpha value is -4.31. The summed E-state index contributed by atoms with van der Waals surface area (Å²) in [5.74, 6) is -1.51. The third-order valence-electron chi connectivity index (χ3n) is 5.92. The van der Waals surface area contributed by atoms with Crippen molar-refractivity contribution in [2.45, 2.75) is 19.2 Å². The first-order valence-corrected chi connectivity index (χ1v) is 11.5. The van der Waals surface area contributed by atoms with Crippen LogP contribution in [-0.4, -0.2) is 28.0 Å². The van der Waals surface area contributed by atoms with Gasteiger partial charge in [0.05, 0.1) is 22.0 Å². The molecule has 1 aromatic heterocycles. The molecule has 11 heteroatoms. The number of hydrogen-bond acceptors (Lipinski definition) is 4. The van der Waals surface area contributed by atoms with Gasteiger partial charge < -0.3 is 15.8 Å². The molecule has 188 valence electrons. The lowest BCUT2D eigenvalue weighted by atomic mass is 9.88. The van der Waals surface area contributed by atoms with E-state index in [-0.39, 0.29) is 5.69 Å². The number of ether oxygens (including phenoxy) is 1. The minimum Gasteiger partial charge on any atom is -0.406 e. The second-order valence-electron chi connectivity index (χ2n) is 8.30. The van der Waals surface area contributed by atoms with E-state index in [0.29, 0.717) is 51.6 Å². The number of primary amides is 1. The average molecular weight is 527 g/mol. The Bertz CT molecular complexity index is 1530. The Morgan fingerprint density at radius 1 is 1.03 bits per heavy atom. The molecule has 0 bridgehead atoms. The van der Waals surface area contributed by atoms with Crippen LogP contribution in [0.15, 0.2) is 66.7 Å².